The molecule has 0 aliphatic rings. The highest BCUT2D eigenvalue weighted by Gasteiger charge is 2.29. The Balaban J connectivity index is 4.99. The van der Waals surface area contributed by atoms with Gasteiger partial charge in [-0.25, -0.2) is 4.79 Å². The Morgan fingerprint density at radius 2 is 1.56 bits per heavy atom. The summed E-state index contributed by atoms with van der Waals surface area (Å²) in [6.45, 7) is 3.87. The number of primary amides is 1. The van der Waals surface area contributed by atoms with E-state index in [2.05, 4.69) is 10.6 Å². The van der Waals surface area contributed by atoms with Crippen LogP contribution in [-0.2, 0) is 19.2 Å². The van der Waals surface area contributed by atoms with Gasteiger partial charge in [0.05, 0.1) is 12.5 Å². The first-order valence-corrected chi connectivity index (χ1v) is 8.17. The van der Waals surface area contributed by atoms with Crippen molar-refractivity contribution >= 4 is 23.7 Å². The molecule has 0 spiro atoms. The molecule has 3 atom stereocenters. The predicted molar refractivity (Wildman–Crippen MR) is 91.0 cm³/mol. The topological polar surface area (TPSA) is 191 Å². The van der Waals surface area contributed by atoms with E-state index in [4.69, 9.17) is 17.2 Å². The van der Waals surface area contributed by atoms with Crippen molar-refractivity contribution < 1.29 is 24.3 Å². The summed E-state index contributed by atoms with van der Waals surface area (Å²) >= 11 is 0. The summed E-state index contributed by atoms with van der Waals surface area (Å²) in [4.78, 5) is 46.7. The van der Waals surface area contributed by atoms with Gasteiger partial charge in [-0.2, -0.15) is 0 Å². The first-order chi connectivity index (χ1) is 11.6. The highest BCUT2D eigenvalue weighted by Crippen LogP contribution is 2.04. The van der Waals surface area contributed by atoms with Crippen LogP contribution in [0.3, 0.4) is 0 Å². The van der Waals surface area contributed by atoms with Crippen LogP contribution in [-0.4, -0.2) is 53.5 Å². The largest absolute Gasteiger partial charge is 0.480 e. The Morgan fingerprint density at radius 3 is 2.00 bits per heavy atom. The smallest absolute Gasteiger partial charge is 0.326 e. The number of carbonyl (C=O) groups excluding carboxylic acids is 3. The molecule has 3 unspecified atom stereocenters. The number of hydrogen-bond donors (Lipinski definition) is 6. The molecule has 0 rings (SSSR count). The lowest BCUT2D eigenvalue weighted by Gasteiger charge is -2.23. The van der Waals surface area contributed by atoms with Crippen LogP contribution in [0.1, 0.15) is 39.5 Å². The molecule has 10 nitrogen and oxygen atoms in total. The molecule has 9 N–H and O–H groups in total. The fourth-order valence-corrected chi connectivity index (χ4v) is 2.00. The Hall–Kier alpha value is -2.20. The predicted octanol–water partition coefficient (Wildman–Crippen LogP) is -1.97. The van der Waals surface area contributed by atoms with Crippen molar-refractivity contribution in [1.82, 2.24) is 10.6 Å². The van der Waals surface area contributed by atoms with Crippen molar-refractivity contribution in [2.45, 2.75) is 57.7 Å². The summed E-state index contributed by atoms with van der Waals surface area (Å²) in [7, 11) is 0. The Morgan fingerprint density at radius 1 is 1.00 bits per heavy atom. The summed E-state index contributed by atoms with van der Waals surface area (Å²) in [6, 6.07) is -3.31. The number of carboxylic acids is 1. The number of rotatable bonds is 12. The lowest BCUT2D eigenvalue weighted by molar-refractivity contribution is -0.142. The van der Waals surface area contributed by atoms with Crippen molar-refractivity contribution in [3.63, 3.8) is 0 Å². The van der Waals surface area contributed by atoms with Gasteiger partial charge < -0.3 is 32.9 Å². The zero-order valence-electron chi connectivity index (χ0n) is 14.7. The Kier molecular flexibility index (Phi) is 10.4. The fourth-order valence-electron chi connectivity index (χ4n) is 2.00. The molecule has 144 valence electrons. The van der Waals surface area contributed by atoms with Crippen molar-refractivity contribution in [2.75, 3.05) is 6.54 Å². The minimum absolute atomic E-state index is 0.180. The summed E-state index contributed by atoms with van der Waals surface area (Å²) < 4.78 is 0. The van der Waals surface area contributed by atoms with E-state index in [1.54, 1.807) is 13.8 Å². The lowest BCUT2D eigenvalue weighted by Crippen LogP contribution is -2.56. The van der Waals surface area contributed by atoms with Gasteiger partial charge in [-0.3, -0.25) is 14.4 Å². The number of nitrogens with one attached hydrogen (secondary N) is 2. The second kappa shape index (κ2) is 11.4. The zero-order chi connectivity index (χ0) is 19.6. The van der Waals surface area contributed by atoms with Gasteiger partial charge in [0.15, 0.2) is 0 Å². The number of amides is 3. The average molecular weight is 359 g/mol. The molecule has 0 aromatic heterocycles. The molecule has 3 amide bonds. The van der Waals surface area contributed by atoms with Crippen LogP contribution < -0.4 is 27.8 Å². The van der Waals surface area contributed by atoms with Crippen molar-refractivity contribution in [3.8, 4) is 0 Å². The van der Waals surface area contributed by atoms with E-state index < -0.39 is 48.2 Å². The normalized spacial score (nSPS) is 14.4. The molecule has 10 heteroatoms. The van der Waals surface area contributed by atoms with Crippen LogP contribution in [0.15, 0.2) is 0 Å². The molecular formula is C15H29N5O5. The summed E-state index contributed by atoms with van der Waals surface area (Å²) in [6.07, 6.45) is 0.849. The van der Waals surface area contributed by atoms with Crippen LogP contribution in [0, 0.1) is 5.92 Å². The molecule has 0 aliphatic heterocycles. The molecular weight excluding hydrogens is 330 g/mol. The highest BCUT2D eigenvalue weighted by atomic mass is 16.4. The van der Waals surface area contributed by atoms with Gasteiger partial charge in [0, 0.05) is 0 Å². The molecule has 0 heterocycles. The van der Waals surface area contributed by atoms with Crippen LogP contribution in [0.2, 0.25) is 0 Å². The first-order valence-electron chi connectivity index (χ1n) is 8.17. The van der Waals surface area contributed by atoms with Gasteiger partial charge in [-0.05, 0) is 31.7 Å². The third-order valence-corrected chi connectivity index (χ3v) is 3.62. The fraction of sp³-hybridized carbons (Fsp3) is 0.733. The molecule has 0 aliphatic carbocycles. The first kappa shape index (κ1) is 22.8. The minimum Gasteiger partial charge on any atom is -0.480 e. The van der Waals surface area contributed by atoms with E-state index in [1.807, 2.05) is 0 Å². The van der Waals surface area contributed by atoms with Crippen LogP contribution in [0.25, 0.3) is 0 Å². The molecule has 25 heavy (non-hydrogen) atoms. The molecule has 0 aromatic rings. The molecule has 0 saturated heterocycles. The zero-order valence-corrected chi connectivity index (χ0v) is 14.7. The van der Waals surface area contributed by atoms with Crippen molar-refractivity contribution in [3.05, 3.63) is 0 Å². The lowest BCUT2D eigenvalue weighted by atomic mass is 10.0. The van der Waals surface area contributed by atoms with Gasteiger partial charge in [-0.15, -0.1) is 0 Å². The second-order valence-electron chi connectivity index (χ2n) is 6.19. The quantitative estimate of drug-likeness (QED) is 0.218. The van der Waals surface area contributed by atoms with Gasteiger partial charge >= 0.3 is 5.97 Å². The monoisotopic (exact) mass is 359 g/mol. The number of aliphatic carboxylic acids is 1. The molecule has 0 saturated carbocycles. The number of carboxylic acid groups (broad SMARTS) is 1. The van der Waals surface area contributed by atoms with Crippen LogP contribution >= 0.6 is 0 Å². The number of unbranched alkanes of at least 4 members (excludes halogenated alkanes) is 1. The highest BCUT2D eigenvalue weighted by molar-refractivity contribution is 5.94. The Labute approximate surface area is 146 Å². The number of carbonyl (C=O) groups is 4. The van der Waals surface area contributed by atoms with Crippen LogP contribution in [0.4, 0.5) is 0 Å². The van der Waals surface area contributed by atoms with Crippen molar-refractivity contribution in [2.24, 2.45) is 23.1 Å². The van der Waals surface area contributed by atoms with E-state index >= 15 is 0 Å². The van der Waals surface area contributed by atoms with E-state index in [-0.39, 0.29) is 12.3 Å². The third kappa shape index (κ3) is 9.01. The molecule has 0 radical (unpaired) electrons. The average Bonchev–Trinajstić information content (AvgIpc) is 2.51. The number of hydrogen-bond acceptors (Lipinski definition) is 6. The summed E-state index contributed by atoms with van der Waals surface area (Å²) in [5, 5.41) is 13.8. The van der Waals surface area contributed by atoms with E-state index in [9.17, 15) is 24.3 Å². The van der Waals surface area contributed by atoms with Gasteiger partial charge in [0.25, 0.3) is 0 Å². The molecule has 0 aromatic carbocycles. The molecule has 0 bridgehead atoms. The maximum atomic E-state index is 12.3. The summed E-state index contributed by atoms with van der Waals surface area (Å²) in [5.41, 5.74) is 16.2. The standard InChI is InChI=1S/C15H29N5O5/c1-8(2)12(18)14(23)20-10(7-11(17)21)13(22)19-9(15(24)25)5-3-4-6-16/h8-10,12H,3-7,16,18H2,1-2H3,(H2,17,21)(H,19,22)(H,20,23)(H,24,25). The third-order valence-electron chi connectivity index (χ3n) is 3.62. The second-order valence-corrected chi connectivity index (χ2v) is 6.19. The van der Waals surface area contributed by atoms with E-state index in [1.165, 1.54) is 0 Å². The van der Waals surface area contributed by atoms with Crippen LogP contribution in [0.5, 0.6) is 0 Å². The SMILES string of the molecule is CC(C)C(N)C(=O)NC(CC(N)=O)C(=O)NC(CCCCN)C(=O)O. The van der Waals surface area contributed by atoms with Gasteiger partial charge in [-0.1, -0.05) is 13.8 Å². The van der Waals surface area contributed by atoms with E-state index in [0.29, 0.717) is 19.4 Å². The number of nitrogens with two attached hydrogens (primary N) is 3. The van der Waals surface area contributed by atoms with Gasteiger partial charge in [0.1, 0.15) is 12.1 Å². The summed E-state index contributed by atoms with van der Waals surface area (Å²) in [5.74, 6) is -3.63. The molecule has 0 fully saturated rings. The minimum atomic E-state index is -1.29. The maximum Gasteiger partial charge on any atom is 0.326 e. The van der Waals surface area contributed by atoms with Gasteiger partial charge in [0.2, 0.25) is 17.7 Å². The Bertz CT molecular complexity index is 483. The van der Waals surface area contributed by atoms with E-state index in [0.717, 1.165) is 0 Å². The van der Waals surface area contributed by atoms with Crippen molar-refractivity contribution in [1.29, 1.82) is 0 Å². The maximum absolute atomic E-state index is 12.3.